The Morgan fingerprint density at radius 1 is 1.57 bits per heavy atom. The molecule has 0 aliphatic carbocycles. The summed E-state index contributed by atoms with van der Waals surface area (Å²) in [6.07, 6.45) is 2.89. The Labute approximate surface area is 86.9 Å². The molecule has 0 saturated carbocycles. The zero-order valence-corrected chi connectivity index (χ0v) is 9.33. The molecule has 14 heavy (non-hydrogen) atoms. The minimum Gasteiger partial charge on any atom is -0.379 e. The molecular formula is C11H22N2O. The van der Waals surface area contributed by atoms with Crippen LogP contribution in [0.5, 0.6) is 0 Å². The topological polar surface area (TPSA) is 38.5 Å². The van der Waals surface area contributed by atoms with Gasteiger partial charge in [0.05, 0.1) is 13.2 Å². The number of morpholine rings is 1. The summed E-state index contributed by atoms with van der Waals surface area (Å²) >= 11 is 0. The van der Waals surface area contributed by atoms with Gasteiger partial charge in [0, 0.05) is 24.7 Å². The summed E-state index contributed by atoms with van der Waals surface area (Å²) in [6.45, 7) is 11.8. The molecule has 1 aliphatic rings. The van der Waals surface area contributed by atoms with Crippen LogP contribution in [0.25, 0.3) is 0 Å². The second kappa shape index (κ2) is 4.91. The largest absolute Gasteiger partial charge is 0.379 e. The average Bonchev–Trinajstić information content (AvgIpc) is 2.28. The van der Waals surface area contributed by atoms with Crippen molar-refractivity contribution in [2.45, 2.75) is 31.8 Å². The van der Waals surface area contributed by atoms with Gasteiger partial charge in [-0.3, -0.25) is 4.90 Å². The van der Waals surface area contributed by atoms with Gasteiger partial charge in [0.25, 0.3) is 0 Å². The summed E-state index contributed by atoms with van der Waals surface area (Å²) < 4.78 is 5.34. The minimum atomic E-state index is 0.0330. The lowest BCUT2D eigenvalue weighted by molar-refractivity contribution is -0.0221. The van der Waals surface area contributed by atoms with Gasteiger partial charge < -0.3 is 10.5 Å². The zero-order chi connectivity index (χ0) is 10.6. The van der Waals surface area contributed by atoms with Crippen LogP contribution in [0.2, 0.25) is 0 Å². The van der Waals surface area contributed by atoms with Gasteiger partial charge in [-0.25, -0.2) is 0 Å². The van der Waals surface area contributed by atoms with Crippen LogP contribution in [-0.2, 0) is 4.74 Å². The molecule has 0 aromatic rings. The van der Waals surface area contributed by atoms with Gasteiger partial charge in [0.15, 0.2) is 0 Å². The van der Waals surface area contributed by atoms with Gasteiger partial charge in [-0.2, -0.15) is 0 Å². The average molecular weight is 198 g/mol. The SMILES string of the molecule is C=CC(N)C(C)(CC)N1CCOCC1. The smallest absolute Gasteiger partial charge is 0.0594 e. The number of hydrogen-bond acceptors (Lipinski definition) is 3. The van der Waals surface area contributed by atoms with E-state index in [2.05, 4.69) is 25.3 Å². The molecular weight excluding hydrogens is 176 g/mol. The van der Waals surface area contributed by atoms with Crippen LogP contribution < -0.4 is 5.73 Å². The van der Waals surface area contributed by atoms with Crippen molar-refractivity contribution in [3.8, 4) is 0 Å². The van der Waals surface area contributed by atoms with E-state index in [0.29, 0.717) is 0 Å². The highest BCUT2D eigenvalue weighted by molar-refractivity contribution is 5.03. The monoisotopic (exact) mass is 198 g/mol. The lowest BCUT2D eigenvalue weighted by Crippen LogP contribution is -2.59. The van der Waals surface area contributed by atoms with E-state index in [1.807, 2.05) is 6.08 Å². The van der Waals surface area contributed by atoms with Crippen LogP contribution in [-0.4, -0.2) is 42.8 Å². The fourth-order valence-electron chi connectivity index (χ4n) is 2.00. The van der Waals surface area contributed by atoms with Crippen LogP contribution in [0.3, 0.4) is 0 Å². The maximum Gasteiger partial charge on any atom is 0.0594 e. The molecule has 0 bridgehead atoms. The summed E-state index contributed by atoms with van der Waals surface area (Å²) in [6, 6.07) is 0.0330. The Bertz CT molecular complexity index is 190. The molecule has 0 amide bonds. The summed E-state index contributed by atoms with van der Waals surface area (Å²) in [7, 11) is 0. The van der Waals surface area contributed by atoms with E-state index in [9.17, 15) is 0 Å². The standard InChI is InChI=1S/C11H22N2O/c1-4-10(12)11(3,5-2)13-6-8-14-9-7-13/h4,10H,1,5-9,12H2,2-3H3. The van der Waals surface area contributed by atoms with Crippen LogP contribution >= 0.6 is 0 Å². The Morgan fingerprint density at radius 2 is 2.14 bits per heavy atom. The minimum absolute atomic E-state index is 0.0330. The Balaban J connectivity index is 2.70. The highest BCUT2D eigenvalue weighted by Gasteiger charge is 2.35. The maximum absolute atomic E-state index is 6.09. The van der Waals surface area contributed by atoms with Gasteiger partial charge in [0.2, 0.25) is 0 Å². The number of nitrogens with zero attached hydrogens (tertiary/aromatic N) is 1. The molecule has 1 saturated heterocycles. The summed E-state index contributed by atoms with van der Waals surface area (Å²) in [5.41, 5.74) is 6.13. The van der Waals surface area contributed by atoms with E-state index in [1.54, 1.807) is 0 Å². The summed E-state index contributed by atoms with van der Waals surface area (Å²) in [5, 5.41) is 0. The van der Waals surface area contributed by atoms with E-state index in [0.717, 1.165) is 32.7 Å². The molecule has 0 aromatic carbocycles. The molecule has 82 valence electrons. The predicted molar refractivity (Wildman–Crippen MR) is 59.3 cm³/mol. The van der Waals surface area contributed by atoms with Gasteiger partial charge in [-0.05, 0) is 13.3 Å². The van der Waals surface area contributed by atoms with Crippen molar-refractivity contribution in [2.75, 3.05) is 26.3 Å². The number of ether oxygens (including phenoxy) is 1. The fraction of sp³-hybridized carbons (Fsp3) is 0.818. The normalized spacial score (nSPS) is 25.4. The Morgan fingerprint density at radius 3 is 2.57 bits per heavy atom. The molecule has 1 fully saturated rings. The van der Waals surface area contributed by atoms with Crippen LogP contribution in [0, 0.1) is 0 Å². The third-order valence-electron chi connectivity index (χ3n) is 3.42. The molecule has 1 aliphatic heterocycles. The molecule has 0 spiro atoms. The van der Waals surface area contributed by atoms with E-state index in [1.165, 1.54) is 0 Å². The quantitative estimate of drug-likeness (QED) is 0.685. The highest BCUT2D eigenvalue weighted by atomic mass is 16.5. The molecule has 2 unspecified atom stereocenters. The number of nitrogens with two attached hydrogens (primary N) is 1. The third-order valence-corrected chi connectivity index (χ3v) is 3.42. The van der Waals surface area contributed by atoms with E-state index < -0.39 is 0 Å². The molecule has 1 rings (SSSR count). The predicted octanol–water partition coefficient (Wildman–Crippen LogP) is 1.00. The van der Waals surface area contributed by atoms with Crippen LogP contribution in [0.1, 0.15) is 20.3 Å². The fourth-order valence-corrected chi connectivity index (χ4v) is 2.00. The first-order valence-electron chi connectivity index (χ1n) is 5.36. The van der Waals surface area contributed by atoms with Crippen LogP contribution in [0.15, 0.2) is 12.7 Å². The Hall–Kier alpha value is -0.380. The van der Waals surface area contributed by atoms with Gasteiger partial charge >= 0.3 is 0 Å². The van der Waals surface area contributed by atoms with Crippen molar-refractivity contribution in [1.29, 1.82) is 0 Å². The number of hydrogen-bond donors (Lipinski definition) is 1. The lowest BCUT2D eigenvalue weighted by atomic mass is 9.87. The summed E-state index contributed by atoms with van der Waals surface area (Å²) in [4.78, 5) is 2.42. The number of rotatable bonds is 4. The first-order valence-corrected chi connectivity index (χ1v) is 5.36. The molecule has 3 nitrogen and oxygen atoms in total. The summed E-state index contributed by atoms with van der Waals surface area (Å²) in [5.74, 6) is 0. The van der Waals surface area contributed by atoms with E-state index in [-0.39, 0.29) is 11.6 Å². The van der Waals surface area contributed by atoms with Crippen molar-refractivity contribution in [2.24, 2.45) is 5.73 Å². The first kappa shape index (κ1) is 11.7. The molecule has 2 atom stereocenters. The molecule has 0 radical (unpaired) electrons. The van der Waals surface area contributed by atoms with E-state index in [4.69, 9.17) is 10.5 Å². The van der Waals surface area contributed by atoms with Crippen molar-refractivity contribution >= 4 is 0 Å². The van der Waals surface area contributed by atoms with Gasteiger partial charge in [-0.15, -0.1) is 6.58 Å². The second-order valence-electron chi connectivity index (χ2n) is 4.07. The van der Waals surface area contributed by atoms with Crippen LogP contribution in [0.4, 0.5) is 0 Å². The van der Waals surface area contributed by atoms with Crippen molar-refractivity contribution in [1.82, 2.24) is 4.90 Å². The van der Waals surface area contributed by atoms with Crippen molar-refractivity contribution in [3.63, 3.8) is 0 Å². The van der Waals surface area contributed by atoms with Gasteiger partial charge in [-0.1, -0.05) is 13.0 Å². The van der Waals surface area contributed by atoms with Crippen molar-refractivity contribution < 1.29 is 4.74 Å². The Kier molecular flexibility index (Phi) is 4.11. The highest BCUT2D eigenvalue weighted by Crippen LogP contribution is 2.24. The van der Waals surface area contributed by atoms with E-state index >= 15 is 0 Å². The molecule has 2 N–H and O–H groups in total. The first-order chi connectivity index (χ1) is 6.65. The molecule has 1 heterocycles. The molecule has 0 aromatic heterocycles. The zero-order valence-electron chi connectivity index (χ0n) is 9.33. The van der Waals surface area contributed by atoms with Gasteiger partial charge in [0.1, 0.15) is 0 Å². The third kappa shape index (κ3) is 2.16. The lowest BCUT2D eigenvalue weighted by Gasteiger charge is -2.45. The maximum atomic E-state index is 6.09. The molecule has 3 heteroatoms. The second-order valence-corrected chi connectivity index (χ2v) is 4.07. The van der Waals surface area contributed by atoms with Crippen molar-refractivity contribution in [3.05, 3.63) is 12.7 Å².